The van der Waals surface area contributed by atoms with E-state index >= 15 is 0 Å². The molecule has 1 amide bonds. The number of carboxylic acids is 1. The molecule has 8 nitrogen and oxygen atoms in total. The van der Waals surface area contributed by atoms with Crippen molar-refractivity contribution in [3.63, 3.8) is 0 Å². The third-order valence-corrected chi connectivity index (χ3v) is 6.54. The summed E-state index contributed by atoms with van der Waals surface area (Å²) >= 11 is 0.742. The Hall–Kier alpha value is -1.52. The van der Waals surface area contributed by atoms with Crippen LogP contribution in [-0.2, 0) is 14.8 Å². The number of hydrogen-bond acceptors (Lipinski definition) is 6. The number of carbonyl (C=O) groups is 2. The number of aromatic nitrogens is 1. The van der Waals surface area contributed by atoms with Gasteiger partial charge in [0.1, 0.15) is 0 Å². The lowest BCUT2D eigenvalue weighted by atomic mass is 9.89. The van der Waals surface area contributed by atoms with E-state index in [-0.39, 0.29) is 17.3 Å². The van der Waals surface area contributed by atoms with Crippen LogP contribution >= 0.6 is 11.3 Å². The summed E-state index contributed by atoms with van der Waals surface area (Å²) < 4.78 is 25.6. The molecule has 1 aromatic heterocycles. The van der Waals surface area contributed by atoms with Crippen LogP contribution in [0.3, 0.4) is 0 Å². The van der Waals surface area contributed by atoms with Gasteiger partial charge in [0, 0.05) is 13.1 Å². The topological polar surface area (TPSA) is 131 Å². The monoisotopic (exact) mass is 319 g/mol. The molecule has 2 rings (SSSR count). The van der Waals surface area contributed by atoms with Crippen molar-refractivity contribution < 1.29 is 23.1 Å². The smallest absolute Gasteiger partial charge is 0.356 e. The van der Waals surface area contributed by atoms with E-state index in [0.717, 1.165) is 15.6 Å². The highest BCUT2D eigenvalue weighted by Crippen LogP contribution is 2.34. The second-order valence-corrected chi connectivity index (χ2v) is 7.80. The molecule has 1 unspecified atom stereocenters. The Morgan fingerprint density at radius 2 is 2.20 bits per heavy atom. The van der Waals surface area contributed by atoms with Crippen LogP contribution in [0, 0.1) is 5.41 Å². The van der Waals surface area contributed by atoms with Gasteiger partial charge in [0.15, 0.2) is 9.90 Å². The van der Waals surface area contributed by atoms with Crippen LogP contribution in [0.2, 0.25) is 0 Å². The maximum atomic E-state index is 12.4. The number of nitrogens with two attached hydrogens (primary N) is 1. The number of rotatable bonds is 4. The van der Waals surface area contributed by atoms with Gasteiger partial charge in [-0.25, -0.2) is 18.2 Å². The zero-order valence-electron chi connectivity index (χ0n) is 10.6. The maximum Gasteiger partial charge on any atom is 0.356 e. The second-order valence-electron chi connectivity index (χ2n) is 4.81. The van der Waals surface area contributed by atoms with E-state index in [1.165, 1.54) is 5.51 Å². The van der Waals surface area contributed by atoms with Crippen molar-refractivity contribution in [3.05, 3.63) is 11.2 Å². The fraction of sp³-hybridized carbons (Fsp3) is 0.500. The molecule has 0 bridgehead atoms. The number of nitrogens with zero attached hydrogens (tertiary/aromatic N) is 2. The predicted octanol–water partition coefficient (Wildman–Crippen LogP) is -0.273. The molecule has 0 aliphatic carbocycles. The molecular formula is C10H13N3O5S2. The third kappa shape index (κ3) is 2.30. The highest BCUT2D eigenvalue weighted by atomic mass is 32.2. The Kier molecular flexibility index (Phi) is 3.56. The summed E-state index contributed by atoms with van der Waals surface area (Å²) in [6.07, 6.45) is 0.308. The van der Waals surface area contributed by atoms with E-state index in [2.05, 4.69) is 4.98 Å². The van der Waals surface area contributed by atoms with Crippen LogP contribution in [0.4, 0.5) is 0 Å². The standard InChI is InChI=1S/C10H13N3O5S2/c1-10(9(11)16)2-3-13(4-10)20(17,18)8-6(7(14)15)12-5-19-8/h5H,2-4H2,1H3,(H2,11,16)(H,14,15). The summed E-state index contributed by atoms with van der Waals surface area (Å²) in [6.45, 7) is 1.66. The molecule has 1 atom stereocenters. The van der Waals surface area contributed by atoms with Crippen LogP contribution in [0.15, 0.2) is 9.72 Å². The summed E-state index contributed by atoms with van der Waals surface area (Å²) in [5.41, 5.74) is 5.01. The average Bonchev–Trinajstić information content (AvgIpc) is 2.95. The van der Waals surface area contributed by atoms with E-state index in [1.807, 2.05) is 0 Å². The minimum Gasteiger partial charge on any atom is -0.476 e. The molecule has 0 spiro atoms. The number of thiazole rings is 1. The number of aromatic carboxylic acids is 1. The maximum absolute atomic E-state index is 12.4. The molecule has 20 heavy (non-hydrogen) atoms. The number of primary amides is 1. The summed E-state index contributed by atoms with van der Waals surface area (Å²) in [5.74, 6) is -1.97. The van der Waals surface area contributed by atoms with Crippen molar-refractivity contribution in [1.82, 2.24) is 9.29 Å². The first-order chi connectivity index (χ1) is 9.18. The Balaban J connectivity index is 2.36. The lowest BCUT2D eigenvalue weighted by Crippen LogP contribution is -2.38. The number of carbonyl (C=O) groups excluding carboxylic acids is 1. The van der Waals surface area contributed by atoms with Crippen molar-refractivity contribution in [2.45, 2.75) is 17.6 Å². The normalized spacial score (nSPS) is 23.9. The molecule has 1 aliphatic rings. The van der Waals surface area contributed by atoms with Gasteiger partial charge in [-0.15, -0.1) is 11.3 Å². The molecule has 1 fully saturated rings. The zero-order valence-corrected chi connectivity index (χ0v) is 12.2. The van der Waals surface area contributed by atoms with Gasteiger partial charge >= 0.3 is 5.97 Å². The van der Waals surface area contributed by atoms with Gasteiger partial charge in [0.2, 0.25) is 5.91 Å². The lowest BCUT2D eigenvalue weighted by Gasteiger charge is -2.20. The predicted molar refractivity (Wildman–Crippen MR) is 69.8 cm³/mol. The summed E-state index contributed by atoms with van der Waals surface area (Å²) in [5, 5.41) is 8.94. The molecule has 1 saturated heterocycles. The van der Waals surface area contributed by atoms with Crippen LogP contribution in [0.5, 0.6) is 0 Å². The van der Waals surface area contributed by atoms with Gasteiger partial charge in [-0.05, 0) is 13.3 Å². The average molecular weight is 319 g/mol. The molecular weight excluding hydrogens is 306 g/mol. The van der Waals surface area contributed by atoms with Crippen molar-refractivity contribution in [2.24, 2.45) is 11.1 Å². The highest BCUT2D eigenvalue weighted by Gasteiger charge is 2.45. The minimum atomic E-state index is -3.97. The number of carboxylic acid groups (broad SMARTS) is 1. The van der Waals surface area contributed by atoms with Gasteiger partial charge in [-0.3, -0.25) is 4.79 Å². The molecule has 0 aromatic carbocycles. The van der Waals surface area contributed by atoms with Crippen molar-refractivity contribution in [2.75, 3.05) is 13.1 Å². The summed E-state index contributed by atoms with van der Waals surface area (Å²) in [6, 6.07) is 0. The van der Waals surface area contributed by atoms with E-state index in [0.29, 0.717) is 6.42 Å². The fourth-order valence-electron chi connectivity index (χ4n) is 2.00. The first kappa shape index (κ1) is 14.9. The molecule has 1 aliphatic heterocycles. The Bertz CT molecular complexity index is 668. The van der Waals surface area contributed by atoms with Crippen LogP contribution in [-0.4, -0.2) is 47.8 Å². The number of amides is 1. The van der Waals surface area contributed by atoms with Gasteiger partial charge in [-0.1, -0.05) is 0 Å². The van der Waals surface area contributed by atoms with Gasteiger partial charge < -0.3 is 10.8 Å². The highest BCUT2D eigenvalue weighted by molar-refractivity contribution is 7.91. The number of hydrogen-bond donors (Lipinski definition) is 2. The van der Waals surface area contributed by atoms with E-state index in [4.69, 9.17) is 10.8 Å². The molecule has 110 valence electrons. The molecule has 2 heterocycles. The van der Waals surface area contributed by atoms with Crippen molar-refractivity contribution >= 4 is 33.2 Å². The van der Waals surface area contributed by atoms with Gasteiger partial charge in [0.25, 0.3) is 10.0 Å². The van der Waals surface area contributed by atoms with Crippen molar-refractivity contribution in [1.29, 1.82) is 0 Å². The Morgan fingerprint density at radius 1 is 1.55 bits per heavy atom. The van der Waals surface area contributed by atoms with Gasteiger partial charge in [-0.2, -0.15) is 4.31 Å². The molecule has 0 radical (unpaired) electrons. The van der Waals surface area contributed by atoms with E-state index in [1.54, 1.807) is 6.92 Å². The van der Waals surface area contributed by atoms with Crippen LogP contribution in [0.1, 0.15) is 23.8 Å². The summed E-state index contributed by atoms with van der Waals surface area (Å²) in [4.78, 5) is 25.9. The van der Waals surface area contributed by atoms with Gasteiger partial charge in [0.05, 0.1) is 10.9 Å². The lowest BCUT2D eigenvalue weighted by molar-refractivity contribution is -0.126. The second kappa shape index (κ2) is 4.79. The molecule has 3 N–H and O–H groups in total. The zero-order chi connectivity index (χ0) is 15.1. The Morgan fingerprint density at radius 3 is 2.70 bits per heavy atom. The molecule has 10 heteroatoms. The largest absolute Gasteiger partial charge is 0.476 e. The first-order valence-corrected chi connectivity index (χ1v) is 7.97. The molecule has 1 aromatic rings. The fourth-order valence-corrected chi connectivity index (χ4v) is 4.85. The summed E-state index contributed by atoms with van der Waals surface area (Å²) in [7, 11) is -3.97. The van der Waals surface area contributed by atoms with Crippen molar-refractivity contribution in [3.8, 4) is 0 Å². The van der Waals surface area contributed by atoms with Crippen LogP contribution < -0.4 is 5.73 Å². The first-order valence-electron chi connectivity index (χ1n) is 5.65. The quantitative estimate of drug-likeness (QED) is 0.785. The molecule has 0 saturated carbocycles. The SMILES string of the molecule is CC1(C(N)=O)CCN(S(=O)(=O)c2scnc2C(=O)O)C1. The third-order valence-electron chi connectivity index (χ3n) is 3.34. The van der Waals surface area contributed by atoms with E-state index in [9.17, 15) is 18.0 Å². The van der Waals surface area contributed by atoms with Crippen LogP contribution in [0.25, 0.3) is 0 Å². The Labute approximate surface area is 119 Å². The minimum absolute atomic E-state index is 0.0539. The number of sulfonamides is 1. The van der Waals surface area contributed by atoms with E-state index < -0.39 is 33.0 Å².